The van der Waals surface area contributed by atoms with E-state index < -0.39 is 0 Å². The SMILES string of the molecule is CCCCN1C(=O)C2NNC(c3ccccc3O)C2C1c1ccc(OCCC(C)C)c(OC)c1. The van der Waals surface area contributed by atoms with Crippen molar-refractivity contribution in [3.63, 3.8) is 0 Å². The van der Waals surface area contributed by atoms with E-state index in [1.165, 1.54) is 0 Å². The number of rotatable bonds is 10. The molecular weight excluding hydrogens is 430 g/mol. The number of nitrogens with one attached hydrogen (secondary N) is 2. The van der Waals surface area contributed by atoms with Gasteiger partial charge in [0.2, 0.25) is 5.91 Å². The van der Waals surface area contributed by atoms with Crippen LogP contribution in [0.3, 0.4) is 0 Å². The second-order valence-corrected chi connectivity index (χ2v) is 9.65. The monoisotopic (exact) mass is 467 g/mol. The van der Waals surface area contributed by atoms with Crippen molar-refractivity contribution in [3.8, 4) is 17.2 Å². The first kappa shape index (κ1) is 24.4. The van der Waals surface area contributed by atoms with Gasteiger partial charge in [-0.15, -0.1) is 0 Å². The molecule has 34 heavy (non-hydrogen) atoms. The molecule has 2 aromatic rings. The number of carbonyl (C=O) groups excluding carboxylic acids is 1. The van der Waals surface area contributed by atoms with Crippen LogP contribution in [-0.2, 0) is 4.79 Å². The second kappa shape index (κ2) is 10.7. The average Bonchev–Trinajstić information content (AvgIpc) is 3.37. The first-order chi connectivity index (χ1) is 16.5. The van der Waals surface area contributed by atoms with Crippen LogP contribution in [0.4, 0.5) is 0 Å². The van der Waals surface area contributed by atoms with Crippen LogP contribution in [0.2, 0.25) is 0 Å². The van der Waals surface area contributed by atoms with E-state index in [9.17, 15) is 9.90 Å². The molecule has 0 saturated carbocycles. The predicted octanol–water partition coefficient (Wildman–Crippen LogP) is 4.34. The topological polar surface area (TPSA) is 83.1 Å². The summed E-state index contributed by atoms with van der Waals surface area (Å²) in [6, 6.07) is 12.6. The summed E-state index contributed by atoms with van der Waals surface area (Å²) >= 11 is 0. The van der Waals surface area contributed by atoms with Crippen molar-refractivity contribution in [1.29, 1.82) is 0 Å². The minimum atomic E-state index is -0.362. The molecule has 7 heteroatoms. The van der Waals surface area contributed by atoms with E-state index in [1.807, 2.05) is 41.3 Å². The molecule has 184 valence electrons. The van der Waals surface area contributed by atoms with Gasteiger partial charge in [0.25, 0.3) is 0 Å². The summed E-state index contributed by atoms with van der Waals surface area (Å²) < 4.78 is 11.7. The highest BCUT2D eigenvalue weighted by atomic mass is 16.5. The van der Waals surface area contributed by atoms with Crippen LogP contribution in [0, 0.1) is 11.8 Å². The van der Waals surface area contributed by atoms with Gasteiger partial charge in [-0.3, -0.25) is 4.79 Å². The molecule has 2 aliphatic heterocycles. The molecule has 1 amide bonds. The molecule has 0 radical (unpaired) electrons. The fraction of sp³-hybridized carbons (Fsp3) is 0.519. The lowest BCUT2D eigenvalue weighted by Gasteiger charge is -2.32. The van der Waals surface area contributed by atoms with Crippen LogP contribution in [-0.4, -0.2) is 42.2 Å². The number of likely N-dealkylation sites (tertiary alicyclic amines) is 1. The zero-order chi connectivity index (χ0) is 24.2. The summed E-state index contributed by atoms with van der Waals surface area (Å²) in [4.78, 5) is 15.5. The molecule has 0 bridgehead atoms. The van der Waals surface area contributed by atoms with Crippen molar-refractivity contribution < 1.29 is 19.4 Å². The highest BCUT2D eigenvalue weighted by Crippen LogP contribution is 2.49. The van der Waals surface area contributed by atoms with Gasteiger partial charge in [-0.25, -0.2) is 10.9 Å². The Morgan fingerprint density at radius 2 is 1.85 bits per heavy atom. The number of amides is 1. The molecule has 2 aliphatic rings. The zero-order valence-corrected chi connectivity index (χ0v) is 20.6. The van der Waals surface area contributed by atoms with Crippen molar-refractivity contribution in [1.82, 2.24) is 15.8 Å². The molecule has 2 fully saturated rings. The molecule has 0 aliphatic carbocycles. The first-order valence-corrected chi connectivity index (χ1v) is 12.4. The fourth-order valence-corrected chi connectivity index (χ4v) is 5.09. The summed E-state index contributed by atoms with van der Waals surface area (Å²) in [5, 5.41) is 10.6. The van der Waals surface area contributed by atoms with E-state index in [0.29, 0.717) is 30.6 Å². The lowest BCUT2D eigenvalue weighted by Crippen LogP contribution is -2.41. The van der Waals surface area contributed by atoms with Gasteiger partial charge in [-0.1, -0.05) is 51.5 Å². The summed E-state index contributed by atoms with van der Waals surface area (Å²) in [5.74, 6) is 2.18. The van der Waals surface area contributed by atoms with Crippen molar-refractivity contribution in [2.45, 2.75) is 58.2 Å². The minimum Gasteiger partial charge on any atom is -0.508 e. The number of phenolic OH excluding ortho intramolecular Hbond substituents is 1. The second-order valence-electron chi connectivity index (χ2n) is 9.65. The van der Waals surface area contributed by atoms with Crippen molar-refractivity contribution in [3.05, 3.63) is 53.6 Å². The van der Waals surface area contributed by atoms with Gasteiger partial charge in [0.1, 0.15) is 11.8 Å². The van der Waals surface area contributed by atoms with Gasteiger partial charge < -0.3 is 19.5 Å². The van der Waals surface area contributed by atoms with Crippen LogP contribution >= 0.6 is 0 Å². The lowest BCUT2D eigenvalue weighted by atomic mass is 9.83. The number of aromatic hydroxyl groups is 1. The van der Waals surface area contributed by atoms with Crippen LogP contribution in [0.15, 0.2) is 42.5 Å². The summed E-state index contributed by atoms with van der Waals surface area (Å²) in [6.07, 6.45) is 2.91. The Labute approximate surface area is 202 Å². The van der Waals surface area contributed by atoms with Crippen LogP contribution in [0.25, 0.3) is 0 Å². The average molecular weight is 468 g/mol. The number of ether oxygens (including phenoxy) is 2. The summed E-state index contributed by atoms with van der Waals surface area (Å²) in [5.41, 5.74) is 8.31. The van der Waals surface area contributed by atoms with Crippen molar-refractivity contribution in [2.75, 3.05) is 20.3 Å². The van der Waals surface area contributed by atoms with Gasteiger partial charge >= 0.3 is 0 Å². The predicted molar refractivity (Wildman–Crippen MR) is 132 cm³/mol. The molecule has 7 nitrogen and oxygen atoms in total. The number of nitrogens with zero attached hydrogens (tertiary/aromatic N) is 1. The highest BCUT2D eigenvalue weighted by Gasteiger charge is 2.55. The first-order valence-electron chi connectivity index (χ1n) is 12.4. The molecule has 4 unspecified atom stereocenters. The summed E-state index contributed by atoms with van der Waals surface area (Å²) in [7, 11) is 1.65. The van der Waals surface area contributed by atoms with Crippen molar-refractivity contribution >= 4 is 5.91 Å². The van der Waals surface area contributed by atoms with E-state index >= 15 is 0 Å². The smallest absolute Gasteiger partial charge is 0.242 e. The number of benzene rings is 2. The van der Waals surface area contributed by atoms with Gasteiger partial charge in [0, 0.05) is 18.0 Å². The van der Waals surface area contributed by atoms with Crippen LogP contribution < -0.4 is 20.3 Å². The molecule has 0 aromatic heterocycles. The Bertz CT molecular complexity index is 996. The molecule has 2 heterocycles. The number of fused-ring (bicyclic) bond motifs is 1. The molecule has 0 spiro atoms. The fourth-order valence-electron chi connectivity index (χ4n) is 5.09. The van der Waals surface area contributed by atoms with E-state index in [-0.39, 0.29) is 35.7 Å². The third-order valence-corrected chi connectivity index (χ3v) is 6.92. The van der Waals surface area contributed by atoms with E-state index in [1.54, 1.807) is 13.2 Å². The number of hydrazine groups is 1. The maximum Gasteiger partial charge on any atom is 0.242 e. The van der Waals surface area contributed by atoms with Gasteiger partial charge in [-0.2, -0.15) is 0 Å². The number of unbranched alkanes of at least 4 members (excludes halogenated alkanes) is 1. The Hall–Kier alpha value is -2.77. The molecule has 4 atom stereocenters. The number of hydrogen-bond donors (Lipinski definition) is 3. The Morgan fingerprint density at radius 1 is 1.09 bits per heavy atom. The third-order valence-electron chi connectivity index (χ3n) is 6.92. The van der Waals surface area contributed by atoms with Crippen molar-refractivity contribution in [2.24, 2.45) is 11.8 Å². The maximum atomic E-state index is 13.5. The van der Waals surface area contributed by atoms with E-state index in [2.05, 4.69) is 31.6 Å². The zero-order valence-electron chi connectivity index (χ0n) is 20.6. The largest absolute Gasteiger partial charge is 0.508 e. The Morgan fingerprint density at radius 3 is 2.56 bits per heavy atom. The number of para-hydroxylation sites is 1. The standard InChI is InChI=1S/C27H37N3O4/c1-5-6-14-30-26(18-11-12-21(22(16-18)33-4)34-15-13-17(2)3)23-24(28-29-25(23)27(30)32)19-9-7-8-10-20(19)31/h7-12,16-17,23-26,28-29,31H,5-6,13-15H2,1-4H3. The number of hydrogen-bond acceptors (Lipinski definition) is 6. The van der Waals surface area contributed by atoms with Gasteiger partial charge in [-0.05, 0) is 42.5 Å². The summed E-state index contributed by atoms with van der Waals surface area (Å²) in [6.45, 7) is 7.80. The number of carbonyl (C=O) groups is 1. The molecule has 2 aromatic carbocycles. The van der Waals surface area contributed by atoms with E-state index in [4.69, 9.17) is 9.47 Å². The Balaban J connectivity index is 1.70. The lowest BCUT2D eigenvalue weighted by molar-refractivity contribution is -0.130. The highest BCUT2D eigenvalue weighted by molar-refractivity contribution is 5.86. The number of phenols is 1. The molecule has 2 saturated heterocycles. The molecule has 3 N–H and O–H groups in total. The number of methoxy groups -OCH3 is 1. The quantitative estimate of drug-likeness (QED) is 0.482. The minimum absolute atomic E-state index is 0.0879. The molecule has 4 rings (SSSR count). The Kier molecular flexibility index (Phi) is 7.63. The third kappa shape index (κ3) is 4.72. The maximum absolute atomic E-state index is 13.5. The van der Waals surface area contributed by atoms with Gasteiger partial charge in [0.05, 0.1) is 25.8 Å². The molecular formula is C27H37N3O4. The van der Waals surface area contributed by atoms with Crippen LogP contribution in [0.1, 0.15) is 63.2 Å². The van der Waals surface area contributed by atoms with E-state index in [0.717, 1.165) is 30.4 Å². The van der Waals surface area contributed by atoms with Crippen LogP contribution in [0.5, 0.6) is 17.2 Å². The normalized spacial score (nSPS) is 24.0. The van der Waals surface area contributed by atoms with Gasteiger partial charge in [0.15, 0.2) is 11.5 Å².